The smallest absolute Gasteiger partial charge is 0.252 e. The average Bonchev–Trinajstić information content (AvgIpc) is 2.96. The van der Waals surface area contributed by atoms with E-state index in [4.69, 9.17) is 4.52 Å². The third kappa shape index (κ3) is 2.75. The molecule has 5 nitrogen and oxygen atoms in total. The van der Waals surface area contributed by atoms with Gasteiger partial charge in [0.05, 0.1) is 0 Å². The van der Waals surface area contributed by atoms with E-state index in [0.29, 0.717) is 17.3 Å². The molecule has 22 heavy (non-hydrogen) atoms. The van der Waals surface area contributed by atoms with Crippen LogP contribution in [0.15, 0.2) is 28.8 Å². The molecule has 0 bridgehead atoms. The van der Waals surface area contributed by atoms with E-state index < -0.39 is 5.54 Å². The second kappa shape index (κ2) is 5.91. The van der Waals surface area contributed by atoms with Crippen LogP contribution in [0.1, 0.15) is 59.7 Å². The second-order valence-electron chi connectivity index (χ2n) is 6.06. The molecule has 1 aromatic heterocycles. The summed E-state index contributed by atoms with van der Waals surface area (Å²) in [6.45, 7) is 3.74. The first-order valence-electron chi connectivity index (χ1n) is 7.80. The predicted molar refractivity (Wildman–Crippen MR) is 82.4 cm³/mol. The summed E-state index contributed by atoms with van der Waals surface area (Å²) < 4.78 is 5.40. The number of hydrogen-bond donors (Lipinski definition) is 1. The molecular formula is C17H21N3O2. The van der Waals surface area contributed by atoms with Gasteiger partial charge in [0.2, 0.25) is 0 Å². The Labute approximate surface area is 130 Å². The van der Waals surface area contributed by atoms with Gasteiger partial charge in [0.15, 0.2) is 5.82 Å². The Balaban J connectivity index is 1.91. The maximum absolute atomic E-state index is 12.7. The Bertz CT molecular complexity index is 672. The zero-order valence-corrected chi connectivity index (χ0v) is 13.1. The van der Waals surface area contributed by atoms with Gasteiger partial charge in [-0.2, -0.15) is 4.98 Å². The molecule has 0 spiro atoms. The molecule has 0 saturated heterocycles. The normalized spacial score (nSPS) is 17.2. The fourth-order valence-corrected chi connectivity index (χ4v) is 3.15. The standard InChI is InChI=1S/C17H21N3O2/c1-12-8-4-5-9-14(12)15(21)19-17(10-6-3-7-11-17)16-18-13(2)20-22-16/h4-5,8-9H,3,6-7,10-11H2,1-2H3,(H,19,21). The van der Waals surface area contributed by atoms with Crippen LogP contribution in [0.4, 0.5) is 0 Å². The number of amides is 1. The lowest BCUT2D eigenvalue weighted by atomic mass is 9.81. The van der Waals surface area contributed by atoms with Gasteiger partial charge in [0, 0.05) is 5.56 Å². The monoisotopic (exact) mass is 299 g/mol. The van der Waals surface area contributed by atoms with Crippen molar-refractivity contribution in [2.75, 3.05) is 0 Å². The van der Waals surface area contributed by atoms with Crippen LogP contribution in [0, 0.1) is 13.8 Å². The van der Waals surface area contributed by atoms with Gasteiger partial charge >= 0.3 is 0 Å². The average molecular weight is 299 g/mol. The van der Waals surface area contributed by atoms with E-state index in [0.717, 1.165) is 31.2 Å². The summed E-state index contributed by atoms with van der Waals surface area (Å²) in [5.74, 6) is 1.06. The molecule has 1 aliphatic rings. The molecular weight excluding hydrogens is 278 g/mol. The van der Waals surface area contributed by atoms with Gasteiger partial charge < -0.3 is 9.84 Å². The lowest BCUT2D eigenvalue weighted by molar-refractivity contribution is 0.0824. The highest BCUT2D eigenvalue weighted by Crippen LogP contribution is 2.36. The first-order chi connectivity index (χ1) is 10.6. The minimum absolute atomic E-state index is 0.0733. The SMILES string of the molecule is Cc1noc(C2(NC(=O)c3ccccc3C)CCCCC2)n1. The molecule has 1 fully saturated rings. The lowest BCUT2D eigenvalue weighted by Gasteiger charge is -2.34. The Morgan fingerprint density at radius 2 is 1.91 bits per heavy atom. The Kier molecular flexibility index (Phi) is 3.96. The molecule has 1 aromatic carbocycles. The van der Waals surface area contributed by atoms with E-state index in [1.165, 1.54) is 6.42 Å². The molecule has 3 rings (SSSR count). The number of hydrogen-bond acceptors (Lipinski definition) is 4. The Hall–Kier alpha value is -2.17. The van der Waals surface area contributed by atoms with Crippen molar-refractivity contribution in [3.63, 3.8) is 0 Å². The van der Waals surface area contributed by atoms with Crippen LogP contribution < -0.4 is 5.32 Å². The largest absolute Gasteiger partial charge is 0.338 e. The molecule has 1 aliphatic carbocycles. The van der Waals surface area contributed by atoms with E-state index in [-0.39, 0.29) is 5.91 Å². The number of carbonyl (C=O) groups excluding carboxylic acids is 1. The van der Waals surface area contributed by atoms with Crippen molar-refractivity contribution in [2.45, 2.75) is 51.5 Å². The summed E-state index contributed by atoms with van der Waals surface area (Å²) in [6.07, 6.45) is 4.96. The third-order valence-corrected chi connectivity index (χ3v) is 4.39. The van der Waals surface area contributed by atoms with E-state index >= 15 is 0 Å². The lowest BCUT2D eigenvalue weighted by Crippen LogP contribution is -2.47. The van der Waals surface area contributed by atoms with Gasteiger partial charge in [-0.15, -0.1) is 0 Å². The Morgan fingerprint density at radius 3 is 2.55 bits per heavy atom. The van der Waals surface area contributed by atoms with Crippen molar-refractivity contribution in [1.82, 2.24) is 15.5 Å². The second-order valence-corrected chi connectivity index (χ2v) is 6.06. The van der Waals surface area contributed by atoms with Gasteiger partial charge in [-0.1, -0.05) is 42.6 Å². The van der Waals surface area contributed by atoms with Gasteiger partial charge in [-0.25, -0.2) is 0 Å². The molecule has 116 valence electrons. The summed E-state index contributed by atoms with van der Waals surface area (Å²) in [5, 5.41) is 7.08. The van der Waals surface area contributed by atoms with Crippen molar-refractivity contribution in [1.29, 1.82) is 0 Å². The van der Waals surface area contributed by atoms with Crippen molar-refractivity contribution in [3.05, 3.63) is 47.1 Å². The number of nitrogens with zero attached hydrogens (tertiary/aromatic N) is 2. The number of nitrogens with one attached hydrogen (secondary N) is 1. The van der Waals surface area contributed by atoms with Crippen molar-refractivity contribution in [2.24, 2.45) is 0 Å². The highest BCUT2D eigenvalue weighted by molar-refractivity contribution is 5.96. The molecule has 1 saturated carbocycles. The van der Waals surface area contributed by atoms with Crippen LogP contribution in [-0.4, -0.2) is 16.0 Å². The molecule has 2 aromatic rings. The van der Waals surface area contributed by atoms with Crippen LogP contribution in [-0.2, 0) is 5.54 Å². The zero-order chi connectivity index (χ0) is 15.6. The minimum atomic E-state index is -0.529. The number of benzene rings is 1. The van der Waals surface area contributed by atoms with Gasteiger partial charge in [-0.05, 0) is 38.3 Å². The fourth-order valence-electron chi connectivity index (χ4n) is 3.15. The molecule has 0 atom stereocenters. The van der Waals surface area contributed by atoms with E-state index in [2.05, 4.69) is 15.5 Å². The van der Waals surface area contributed by atoms with Crippen LogP contribution in [0.3, 0.4) is 0 Å². The maximum Gasteiger partial charge on any atom is 0.252 e. The number of carbonyl (C=O) groups is 1. The molecule has 1 heterocycles. The van der Waals surface area contributed by atoms with Crippen LogP contribution >= 0.6 is 0 Å². The summed E-state index contributed by atoms with van der Waals surface area (Å²) >= 11 is 0. The minimum Gasteiger partial charge on any atom is -0.338 e. The summed E-state index contributed by atoms with van der Waals surface area (Å²) in [4.78, 5) is 17.1. The zero-order valence-electron chi connectivity index (χ0n) is 13.1. The van der Waals surface area contributed by atoms with E-state index in [1.807, 2.05) is 31.2 Å². The molecule has 0 unspecified atom stereocenters. The summed E-state index contributed by atoms with van der Waals surface area (Å²) in [7, 11) is 0. The van der Waals surface area contributed by atoms with Crippen molar-refractivity contribution in [3.8, 4) is 0 Å². The number of aromatic nitrogens is 2. The molecule has 0 aliphatic heterocycles. The van der Waals surface area contributed by atoms with Gasteiger partial charge in [0.1, 0.15) is 5.54 Å². The highest BCUT2D eigenvalue weighted by Gasteiger charge is 2.40. The number of rotatable bonds is 3. The topological polar surface area (TPSA) is 68.0 Å². The molecule has 5 heteroatoms. The summed E-state index contributed by atoms with van der Waals surface area (Å²) in [6, 6.07) is 7.61. The molecule has 1 N–H and O–H groups in total. The van der Waals surface area contributed by atoms with E-state index in [1.54, 1.807) is 6.92 Å². The maximum atomic E-state index is 12.7. The third-order valence-electron chi connectivity index (χ3n) is 4.39. The Morgan fingerprint density at radius 1 is 1.18 bits per heavy atom. The van der Waals surface area contributed by atoms with Gasteiger partial charge in [0.25, 0.3) is 11.8 Å². The number of aryl methyl sites for hydroxylation is 2. The first kappa shape index (κ1) is 14.8. The molecule has 1 amide bonds. The highest BCUT2D eigenvalue weighted by atomic mass is 16.5. The summed E-state index contributed by atoms with van der Waals surface area (Å²) in [5.41, 5.74) is 1.13. The van der Waals surface area contributed by atoms with Gasteiger partial charge in [-0.3, -0.25) is 4.79 Å². The van der Waals surface area contributed by atoms with Crippen molar-refractivity contribution < 1.29 is 9.32 Å². The van der Waals surface area contributed by atoms with Crippen LogP contribution in [0.2, 0.25) is 0 Å². The fraction of sp³-hybridized carbons (Fsp3) is 0.471. The molecule has 0 radical (unpaired) electrons. The van der Waals surface area contributed by atoms with Crippen LogP contribution in [0.25, 0.3) is 0 Å². The quantitative estimate of drug-likeness (QED) is 0.944. The predicted octanol–water partition coefficient (Wildman–Crippen LogP) is 3.28. The van der Waals surface area contributed by atoms with Crippen molar-refractivity contribution >= 4 is 5.91 Å². The van der Waals surface area contributed by atoms with E-state index in [9.17, 15) is 4.79 Å². The van der Waals surface area contributed by atoms with Crippen LogP contribution in [0.5, 0.6) is 0 Å². The first-order valence-corrected chi connectivity index (χ1v) is 7.80.